The number of carbonyl (C=O) groups excluding carboxylic acids is 1. The van der Waals surface area contributed by atoms with E-state index in [2.05, 4.69) is 15.4 Å². The molecule has 2 heterocycles. The number of carbonyl (C=O) groups is 1. The first kappa shape index (κ1) is 17.4. The van der Waals surface area contributed by atoms with Crippen molar-refractivity contribution in [1.82, 2.24) is 19.9 Å². The van der Waals surface area contributed by atoms with Gasteiger partial charge in [0.1, 0.15) is 5.82 Å². The number of halogens is 1. The number of hydrogen-bond acceptors (Lipinski definition) is 4. The fourth-order valence-corrected chi connectivity index (χ4v) is 3.73. The van der Waals surface area contributed by atoms with E-state index in [1.54, 1.807) is 16.6 Å². The highest BCUT2D eigenvalue weighted by atomic mass is 32.1. The van der Waals surface area contributed by atoms with Gasteiger partial charge in [0.2, 0.25) is 4.96 Å². The Morgan fingerprint density at radius 3 is 2.89 bits per heavy atom. The molecule has 0 saturated heterocycles. The number of rotatable bonds is 5. The highest BCUT2D eigenvalue weighted by Crippen LogP contribution is 2.21. The Kier molecular flexibility index (Phi) is 4.68. The SMILES string of the molecule is Cc1ccccc1C(=O)NCCc1csc2nc(-c3cccc(F)c3)nn12. The summed E-state index contributed by atoms with van der Waals surface area (Å²) in [6, 6.07) is 13.7. The first-order chi connectivity index (χ1) is 13.1. The minimum absolute atomic E-state index is 0.0846. The van der Waals surface area contributed by atoms with Gasteiger partial charge in [0.15, 0.2) is 5.82 Å². The molecule has 2 aromatic carbocycles. The number of amides is 1. The Balaban J connectivity index is 1.47. The highest BCUT2D eigenvalue weighted by Gasteiger charge is 2.13. The van der Waals surface area contributed by atoms with Crippen LogP contribution in [0.25, 0.3) is 16.3 Å². The average molecular weight is 380 g/mol. The fraction of sp³-hybridized carbons (Fsp3) is 0.150. The molecule has 0 radical (unpaired) electrons. The van der Waals surface area contributed by atoms with Gasteiger partial charge in [-0.1, -0.05) is 30.3 Å². The van der Waals surface area contributed by atoms with Gasteiger partial charge >= 0.3 is 0 Å². The molecular weight excluding hydrogens is 363 g/mol. The van der Waals surface area contributed by atoms with Crippen LogP contribution in [0.2, 0.25) is 0 Å². The average Bonchev–Trinajstić information content (AvgIpc) is 3.24. The van der Waals surface area contributed by atoms with Gasteiger partial charge in [-0.15, -0.1) is 16.4 Å². The molecule has 0 atom stereocenters. The first-order valence-corrected chi connectivity index (χ1v) is 9.43. The molecule has 136 valence electrons. The maximum atomic E-state index is 13.4. The van der Waals surface area contributed by atoms with E-state index in [4.69, 9.17) is 0 Å². The van der Waals surface area contributed by atoms with E-state index in [0.29, 0.717) is 29.9 Å². The van der Waals surface area contributed by atoms with Crippen molar-refractivity contribution in [2.45, 2.75) is 13.3 Å². The topological polar surface area (TPSA) is 59.3 Å². The number of aryl methyl sites for hydroxylation is 1. The lowest BCUT2D eigenvalue weighted by molar-refractivity contribution is 0.0953. The van der Waals surface area contributed by atoms with Gasteiger partial charge in [0, 0.05) is 29.5 Å². The predicted octanol–water partition coefficient (Wildman–Crippen LogP) is 3.88. The molecule has 0 spiro atoms. The summed E-state index contributed by atoms with van der Waals surface area (Å²) in [6.45, 7) is 2.41. The van der Waals surface area contributed by atoms with E-state index >= 15 is 0 Å². The summed E-state index contributed by atoms with van der Waals surface area (Å²) >= 11 is 1.47. The Bertz CT molecular complexity index is 1120. The minimum Gasteiger partial charge on any atom is -0.352 e. The summed E-state index contributed by atoms with van der Waals surface area (Å²) in [5, 5.41) is 9.41. The van der Waals surface area contributed by atoms with Gasteiger partial charge in [-0.25, -0.2) is 8.91 Å². The second-order valence-corrected chi connectivity index (χ2v) is 7.02. The first-order valence-electron chi connectivity index (χ1n) is 8.55. The van der Waals surface area contributed by atoms with Gasteiger partial charge in [-0.05, 0) is 30.7 Å². The minimum atomic E-state index is -0.315. The largest absolute Gasteiger partial charge is 0.352 e. The third-order valence-electron chi connectivity index (χ3n) is 4.29. The molecule has 27 heavy (non-hydrogen) atoms. The molecule has 0 unspecified atom stereocenters. The Labute approximate surface area is 159 Å². The number of fused-ring (bicyclic) bond motifs is 1. The van der Waals surface area contributed by atoms with Crippen molar-refractivity contribution in [2.24, 2.45) is 0 Å². The maximum Gasteiger partial charge on any atom is 0.251 e. The zero-order chi connectivity index (χ0) is 18.8. The summed E-state index contributed by atoms with van der Waals surface area (Å²) in [5.74, 6) is 0.0926. The van der Waals surface area contributed by atoms with E-state index in [9.17, 15) is 9.18 Å². The second-order valence-electron chi connectivity index (χ2n) is 6.19. The lowest BCUT2D eigenvalue weighted by atomic mass is 10.1. The van der Waals surface area contributed by atoms with Crippen molar-refractivity contribution >= 4 is 22.2 Å². The summed E-state index contributed by atoms with van der Waals surface area (Å²) < 4.78 is 15.2. The number of nitrogens with zero attached hydrogens (tertiary/aromatic N) is 3. The Hall–Kier alpha value is -3.06. The molecule has 0 aliphatic rings. The van der Waals surface area contributed by atoms with E-state index in [0.717, 1.165) is 16.2 Å². The van der Waals surface area contributed by atoms with Gasteiger partial charge < -0.3 is 5.32 Å². The summed E-state index contributed by atoms with van der Waals surface area (Å²) in [6.07, 6.45) is 0.629. The highest BCUT2D eigenvalue weighted by molar-refractivity contribution is 7.15. The molecule has 1 amide bonds. The lowest BCUT2D eigenvalue weighted by Gasteiger charge is -2.07. The van der Waals surface area contributed by atoms with Crippen LogP contribution >= 0.6 is 11.3 Å². The van der Waals surface area contributed by atoms with Gasteiger partial charge in [0.25, 0.3) is 5.91 Å². The number of nitrogens with one attached hydrogen (secondary N) is 1. The molecule has 4 rings (SSSR count). The van der Waals surface area contributed by atoms with Gasteiger partial charge in [-0.3, -0.25) is 4.79 Å². The maximum absolute atomic E-state index is 13.4. The van der Waals surface area contributed by atoms with Crippen LogP contribution in [0.3, 0.4) is 0 Å². The number of aromatic nitrogens is 3. The number of hydrogen-bond donors (Lipinski definition) is 1. The lowest BCUT2D eigenvalue weighted by Crippen LogP contribution is -2.26. The Morgan fingerprint density at radius 2 is 2.07 bits per heavy atom. The second kappa shape index (κ2) is 7.28. The molecule has 4 aromatic rings. The standard InChI is InChI=1S/C20H17FN4OS/c1-13-5-2-3-8-17(13)19(26)22-10-9-16-12-27-20-23-18(24-25(16)20)14-6-4-7-15(21)11-14/h2-8,11-12H,9-10H2,1H3,(H,22,26). The van der Waals surface area contributed by atoms with Crippen LogP contribution in [0, 0.1) is 12.7 Å². The van der Waals surface area contributed by atoms with Crippen LogP contribution in [0.4, 0.5) is 4.39 Å². The quantitative estimate of drug-likeness (QED) is 0.572. The smallest absolute Gasteiger partial charge is 0.251 e. The number of thiazole rings is 1. The van der Waals surface area contributed by atoms with Crippen LogP contribution in [-0.2, 0) is 6.42 Å². The van der Waals surface area contributed by atoms with E-state index in [1.165, 1.54) is 23.5 Å². The van der Waals surface area contributed by atoms with Crippen molar-refractivity contribution in [2.75, 3.05) is 6.54 Å². The molecule has 7 heteroatoms. The van der Waals surface area contributed by atoms with E-state index in [-0.39, 0.29) is 11.7 Å². The molecule has 0 aliphatic heterocycles. The van der Waals surface area contributed by atoms with Crippen LogP contribution in [0.5, 0.6) is 0 Å². The third-order valence-corrected chi connectivity index (χ3v) is 5.15. The van der Waals surface area contributed by atoms with Crippen LogP contribution < -0.4 is 5.32 Å². The third kappa shape index (κ3) is 3.59. The van der Waals surface area contributed by atoms with E-state index < -0.39 is 0 Å². The zero-order valence-corrected chi connectivity index (χ0v) is 15.5. The van der Waals surface area contributed by atoms with Crippen LogP contribution in [0.15, 0.2) is 53.9 Å². The molecule has 1 N–H and O–H groups in total. The predicted molar refractivity (Wildman–Crippen MR) is 103 cm³/mol. The monoisotopic (exact) mass is 380 g/mol. The van der Waals surface area contributed by atoms with Gasteiger partial charge in [-0.2, -0.15) is 4.98 Å². The normalized spacial score (nSPS) is 11.0. The summed E-state index contributed by atoms with van der Waals surface area (Å²) in [5.41, 5.74) is 3.23. The molecule has 0 saturated carbocycles. The molecule has 0 aliphatic carbocycles. The zero-order valence-electron chi connectivity index (χ0n) is 14.6. The van der Waals surface area contributed by atoms with Crippen LogP contribution in [0.1, 0.15) is 21.6 Å². The number of benzene rings is 2. The summed E-state index contributed by atoms with van der Waals surface area (Å²) in [7, 11) is 0. The molecule has 5 nitrogen and oxygen atoms in total. The fourth-order valence-electron chi connectivity index (χ4n) is 2.87. The van der Waals surface area contributed by atoms with Crippen molar-refractivity contribution in [3.63, 3.8) is 0 Å². The van der Waals surface area contributed by atoms with E-state index in [1.807, 2.05) is 36.6 Å². The van der Waals surface area contributed by atoms with Crippen molar-refractivity contribution in [3.8, 4) is 11.4 Å². The Morgan fingerprint density at radius 1 is 1.22 bits per heavy atom. The molecule has 0 bridgehead atoms. The molecular formula is C20H17FN4OS. The van der Waals surface area contributed by atoms with Crippen LogP contribution in [-0.4, -0.2) is 27.0 Å². The molecule has 2 aromatic heterocycles. The van der Waals surface area contributed by atoms with Gasteiger partial charge in [0.05, 0.1) is 5.69 Å². The van der Waals surface area contributed by atoms with Crippen molar-refractivity contribution in [3.05, 3.63) is 76.5 Å². The summed E-state index contributed by atoms with van der Waals surface area (Å²) in [4.78, 5) is 17.5. The molecule has 0 fully saturated rings. The van der Waals surface area contributed by atoms with Crippen molar-refractivity contribution < 1.29 is 9.18 Å². The van der Waals surface area contributed by atoms with Crippen molar-refractivity contribution in [1.29, 1.82) is 0 Å².